The van der Waals surface area contributed by atoms with E-state index in [0.717, 1.165) is 5.56 Å². The van der Waals surface area contributed by atoms with E-state index >= 15 is 0 Å². The number of carbonyl (C=O) groups is 2. The van der Waals surface area contributed by atoms with E-state index < -0.39 is 18.1 Å². The van der Waals surface area contributed by atoms with Crippen LogP contribution >= 0.6 is 0 Å². The van der Waals surface area contributed by atoms with Crippen LogP contribution < -0.4 is 0 Å². The van der Waals surface area contributed by atoms with Gasteiger partial charge in [-0.2, -0.15) is 0 Å². The second kappa shape index (κ2) is 9.70. The lowest BCUT2D eigenvalue weighted by Gasteiger charge is -2.50. The van der Waals surface area contributed by atoms with Crippen LogP contribution in [0.4, 0.5) is 13.6 Å². The Labute approximate surface area is 187 Å². The summed E-state index contributed by atoms with van der Waals surface area (Å²) in [4.78, 5) is 31.3. The summed E-state index contributed by atoms with van der Waals surface area (Å²) in [5.41, 5.74) is 0.884. The average Bonchev–Trinajstić information content (AvgIpc) is 2.79. The first-order valence-electron chi connectivity index (χ1n) is 11.3. The second-order valence-electron chi connectivity index (χ2n) is 8.95. The van der Waals surface area contributed by atoms with Gasteiger partial charge in [-0.3, -0.25) is 9.69 Å². The molecule has 0 bridgehead atoms. The maximum absolute atomic E-state index is 13.4. The Morgan fingerprint density at radius 3 is 2.62 bits per heavy atom. The van der Waals surface area contributed by atoms with E-state index in [1.165, 1.54) is 4.90 Å². The molecule has 0 aromatic heterocycles. The smallest absolute Gasteiger partial charge is 0.410 e. The number of fused-ring (bicyclic) bond motifs is 1. The normalized spacial score (nSPS) is 28.3. The minimum Gasteiger partial charge on any atom is -0.445 e. The molecule has 3 saturated heterocycles. The SMILES string of the molecule is CC1C(=O)N2C(CCN3CCC(F)(F)CC3)COCC2CN1C(=O)OCc1ccccc1. The number of hydrogen-bond donors (Lipinski definition) is 0. The minimum atomic E-state index is -2.56. The van der Waals surface area contributed by atoms with E-state index in [1.54, 1.807) is 6.92 Å². The van der Waals surface area contributed by atoms with Crippen molar-refractivity contribution < 1.29 is 27.8 Å². The second-order valence-corrected chi connectivity index (χ2v) is 8.95. The van der Waals surface area contributed by atoms with Crippen molar-refractivity contribution in [3.63, 3.8) is 0 Å². The number of benzene rings is 1. The first kappa shape index (κ1) is 22.9. The largest absolute Gasteiger partial charge is 0.445 e. The van der Waals surface area contributed by atoms with Gasteiger partial charge < -0.3 is 19.3 Å². The van der Waals surface area contributed by atoms with E-state index in [9.17, 15) is 18.4 Å². The highest BCUT2D eigenvalue weighted by Crippen LogP contribution is 2.29. The Morgan fingerprint density at radius 1 is 1.19 bits per heavy atom. The summed E-state index contributed by atoms with van der Waals surface area (Å²) in [6.07, 6.45) is -0.0721. The van der Waals surface area contributed by atoms with Gasteiger partial charge in [-0.05, 0) is 18.9 Å². The molecule has 9 heteroatoms. The fraction of sp³-hybridized carbons (Fsp3) is 0.652. The van der Waals surface area contributed by atoms with Crippen LogP contribution in [0.25, 0.3) is 0 Å². The van der Waals surface area contributed by atoms with Gasteiger partial charge in [-0.15, -0.1) is 0 Å². The van der Waals surface area contributed by atoms with Crippen molar-refractivity contribution in [2.45, 2.75) is 56.8 Å². The monoisotopic (exact) mass is 451 g/mol. The summed E-state index contributed by atoms with van der Waals surface area (Å²) in [5, 5.41) is 0. The standard InChI is InChI=1S/C23H31F2N3O4/c1-17-21(29)28-19(7-10-26-11-8-23(24,25)9-12-26)15-31-16-20(28)13-27(17)22(30)32-14-18-5-3-2-4-6-18/h2-6,17,19-20H,7-16H2,1H3. The van der Waals surface area contributed by atoms with Crippen molar-refractivity contribution in [3.05, 3.63) is 35.9 Å². The molecular weight excluding hydrogens is 420 g/mol. The van der Waals surface area contributed by atoms with Crippen molar-refractivity contribution >= 4 is 12.0 Å². The van der Waals surface area contributed by atoms with E-state index in [0.29, 0.717) is 45.8 Å². The number of rotatable bonds is 5. The lowest BCUT2D eigenvalue weighted by atomic mass is 10.00. The third-order valence-corrected chi connectivity index (χ3v) is 6.70. The quantitative estimate of drug-likeness (QED) is 0.689. The summed E-state index contributed by atoms with van der Waals surface area (Å²) in [7, 11) is 0. The molecule has 1 aromatic carbocycles. The van der Waals surface area contributed by atoms with Crippen molar-refractivity contribution in [3.8, 4) is 0 Å². The molecule has 1 aromatic rings. The molecule has 3 aliphatic rings. The van der Waals surface area contributed by atoms with Crippen molar-refractivity contribution in [2.24, 2.45) is 0 Å². The fourth-order valence-electron chi connectivity index (χ4n) is 4.73. The number of piperidine rings is 1. The number of halogens is 2. The van der Waals surface area contributed by atoms with Crippen LogP contribution in [0.2, 0.25) is 0 Å². The topological polar surface area (TPSA) is 62.3 Å². The molecule has 0 saturated carbocycles. The highest BCUT2D eigenvalue weighted by Gasteiger charge is 2.45. The van der Waals surface area contributed by atoms with Crippen molar-refractivity contribution in [2.75, 3.05) is 39.4 Å². The van der Waals surface area contributed by atoms with Crippen molar-refractivity contribution in [1.29, 1.82) is 0 Å². The first-order valence-corrected chi connectivity index (χ1v) is 11.3. The number of nitrogens with zero attached hydrogens (tertiary/aromatic N) is 3. The summed E-state index contributed by atoms with van der Waals surface area (Å²) in [6.45, 7) is 4.42. The van der Waals surface area contributed by atoms with Crippen LogP contribution in [0.5, 0.6) is 0 Å². The number of ether oxygens (including phenoxy) is 2. The molecule has 0 aliphatic carbocycles. The molecule has 7 nitrogen and oxygen atoms in total. The third kappa shape index (κ3) is 5.20. The Balaban J connectivity index is 1.33. The summed E-state index contributed by atoms with van der Waals surface area (Å²) >= 11 is 0. The number of morpholine rings is 1. The van der Waals surface area contributed by atoms with Gasteiger partial charge in [0, 0.05) is 39.0 Å². The molecule has 3 atom stereocenters. The van der Waals surface area contributed by atoms with E-state index in [-0.39, 0.29) is 37.4 Å². The Hall–Kier alpha value is -2.26. The van der Waals surface area contributed by atoms with Crippen LogP contribution in [-0.2, 0) is 20.9 Å². The fourth-order valence-corrected chi connectivity index (χ4v) is 4.73. The summed E-state index contributed by atoms with van der Waals surface area (Å²) in [6, 6.07) is 8.44. The van der Waals surface area contributed by atoms with Gasteiger partial charge in [0.15, 0.2) is 0 Å². The van der Waals surface area contributed by atoms with Crippen LogP contribution in [-0.4, -0.2) is 90.1 Å². The van der Waals surface area contributed by atoms with Crippen molar-refractivity contribution in [1.82, 2.24) is 14.7 Å². The number of carbonyl (C=O) groups excluding carboxylic acids is 2. The number of hydrogen-bond acceptors (Lipinski definition) is 5. The van der Waals surface area contributed by atoms with Crippen LogP contribution in [0.1, 0.15) is 31.7 Å². The average molecular weight is 452 g/mol. The number of amides is 2. The van der Waals surface area contributed by atoms with Gasteiger partial charge in [0.05, 0.1) is 25.3 Å². The van der Waals surface area contributed by atoms with Crippen LogP contribution in [0, 0.1) is 0 Å². The molecule has 4 rings (SSSR count). The zero-order valence-corrected chi connectivity index (χ0v) is 18.4. The molecule has 176 valence electrons. The predicted molar refractivity (Wildman–Crippen MR) is 113 cm³/mol. The minimum absolute atomic E-state index is 0.114. The van der Waals surface area contributed by atoms with Gasteiger partial charge in [0.1, 0.15) is 12.6 Å². The maximum Gasteiger partial charge on any atom is 0.410 e. The predicted octanol–water partition coefficient (Wildman–Crippen LogP) is 2.74. The molecule has 0 N–H and O–H groups in total. The molecule has 2 amide bonds. The number of alkyl halides is 2. The summed E-state index contributed by atoms with van der Waals surface area (Å²) in [5.74, 6) is -2.68. The lowest BCUT2D eigenvalue weighted by molar-refractivity contribution is -0.161. The third-order valence-electron chi connectivity index (χ3n) is 6.70. The van der Waals surface area contributed by atoms with E-state index in [2.05, 4.69) is 0 Å². The van der Waals surface area contributed by atoms with Crippen LogP contribution in [0.15, 0.2) is 30.3 Å². The van der Waals surface area contributed by atoms with Gasteiger partial charge in [-0.1, -0.05) is 30.3 Å². The van der Waals surface area contributed by atoms with Gasteiger partial charge in [0.25, 0.3) is 5.92 Å². The zero-order valence-electron chi connectivity index (χ0n) is 18.4. The lowest BCUT2D eigenvalue weighted by Crippen LogP contribution is -2.68. The maximum atomic E-state index is 13.4. The molecule has 32 heavy (non-hydrogen) atoms. The zero-order chi connectivity index (χ0) is 22.7. The number of piperazine rings is 1. The Bertz CT molecular complexity index is 800. The molecule has 0 spiro atoms. The Morgan fingerprint density at radius 2 is 1.91 bits per heavy atom. The van der Waals surface area contributed by atoms with E-state index in [4.69, 9.17) is 9.47 Å². The number of likely N-dealkylation sites (tertiary alicyclic amines) is 1. The van der Waals surface area contributed by atoms with Gasteiger partial charge in [0.2, 0.25) is 5.91 Å². The first-order chi connectivity index (χ1) is 15.3. The van der Waals surface area contributed by atoms with Gasteiger partial charge in [-0.25, -0.2) is 13.6 Å². The Kier molecular flexibility index (Phi) is 6.95. The van der Waals surface area contributed by atoms with Crippen LogP contribution in [0.3, 0.4) is 0 Å². The molecule has 3 fully saturated rings. The highest BCUT2D eigenvalue weighted by molar-refractivity contribution is 5.87. The molecule has 0 radical (unpaired) electrons. The molecule has 3 heterocycles. The molecule has 3 unspecified atom stereocenters. The summed E-state index contributed by atoms with van der Waals surface area (Å²) < 4.78 is 38.0. The van der Waals surface area contributed by atoms with E-state index in [1.807, 2.05) is 40.1 Å². The molecular formula is C23H31F2N3O4. The molecule has 3 aliphatic heterocycles. The van der Waals surface area contributed by atoms with Gasteiger partial charge >= 0.3 is 6.09 Å². The highest BCUT2D eigenvalue weighted by atomic mass is 19.3.